The molecular formula is C20H24N4O2. The van der Waals surface area contributed by atoms with Crippen molar-refractivity contribution in [2.24, 2.45) is 0 Å². The summed E-state index contributed by atoms with van der Waals surface area (Å²) in [6, 6.07) is 12.0. The third kappa shape index (κ3) is 4.08. The van der Waals surface area contributed by atoms with Crippen LogP contribution in [-0.2, 0) is 6.54 Å². The molecule has 0 aliphatic rings. The fourth-order valence-electron chi connectivity index (χ4n) is 2.71. The van der Waals surface area contributed by atoms with Crippen LogP contribution in [-0.4, -0.2) is 38.0 Å². The highest BCUT2D eigenvalue weighted by Crippen LogP contribution is 2.25. The molecule has 0 unspecified atom stereocenters. The van der Waals surface area contributed by atoms with Gasteiger partial charge >= 0.3 is 0 Å². The smallest absolute Gasteiger partial charge is 0.204 e. The van der Waals surface area contributed by atoms with E-state index in [0.29, 0.717) is 5.82 Å². The maximum Gasteiger partial charge on any atom is 0.204 e. The summed E-state index contributed by atoms with van der Waals surface area (Å²) in [5.74, 6) is 1.37. The molecule has 0 aliphatic heterocycles. The molecule has 3 aromatic rings. The number of benzene rings is 2. The van der Waals surface area contributed by atoms with Gasteiger partial charge in [0, 0.05) is 5.56 Å². The molecule has 1 N–H and O–H groups in total. The Bertz CT molecular complexity index is 887. The van der Waals surface area contributed by atoms with Gasteiger partial charge in [-0.05, 0) is 49.6 Å². The minimum absolute atomic E-state index is 0.173. The van der Waals surface area contributed by atoms with Gasteiger partial charge in [-0.2, -0.15) is 4.80 Å². The summed E-state index contributed by atoms with van der Waals surface area (Å²) in [6.45, 7) is 8.50. The highest BCUT2D eigenvalue weighted by atomic mass is 16.5. The summed E-state index contributed by atoms with van der Waals surface area (Å²) >= 11 is 0. The molecule has 1 atom stereocenters. The molecule has 26 heavy (non-hydrogen) atoms. The summed E-state index contributed by atoms with van der Waals surface area (Å²) < 4.78 is 5.85. The highest BCUT2D eigenvalue weighted by molar-refractivity contribution is 5.54. The van der Waals surface area contributed by atoms with Gasteiger partial charge in [-0.25, -0.2) is 0 Å². The molecule has 0 saturated carbocycles. The first-order chi connectivity index (χ1) is 12.4. The summed E-state index contributed by atoms with van der Waals surface area (Å²) in [4.78, 5) is 1.40. The Kier molecular flexibility index (Phi) is 5.32. The van der Waals surface area contributed by atoms with Gasteiger partial charge in [0.25, 0.3) is 0 Å². The van der Waals surface area contributed by atoms with Gasteiger partial charge < -0.3 is 9.84 Å². The van der Waals surface area contributed by atoms with Crippen LogP contribution in [0.1, 0.15) is 22.3 Å². The minimum Gasteiger partial charge on any atom is -0.490 e. The van der Waals surface area contributed by atoms with Crippen LogP contribution in [0.3, 0.4) is 0 Å². The second-order valence-corrected chi connectivity index (χ2v) is 6.65. The molecule has 3 rings (SSSR count). The van der Waals surface area contributed by atoms with Crippen molar-refractivity contribution in [3.8, 4) is 17.1 Å². The molecule has 136 valence electrons. The first-order valence-corrected chi connectivity index (χ1v) is 8.66. The molecule has 0 radical (unpaired) electrons. The van der Waals surface area contributed by atoms with Crippen molar-refractivity contribution in [3.05, 3.63) is 58.7 Å². The van der Waals surface area contributed by atoms with Crippen LogP contribution < -0.4 is 4.74 Å². The lowest BCUT2D eigenvalue weighted by molar-refractivity contribution is 0.0843. The van der Waals surface area contributed by atoms with Crippen LogP contribution in [0.4, 0.5) is 0 Å². The topological polar surface area (TPSA) is 73.1 Å². The minimum atomic E-state index is -0.727. The van der Waals surface area contributed by atoms with Crippen LogP contribution in [0.25, 0.3) is 11.4 Å². The van der Waals surface area contributed by atoms with Crippen molar-refractivity contribution < 1.29 is 9.84 Å². The van der Waals surface area contributed by atoms with Gasteiger partial charge in [0.1, 0.15) is 18.5 Å². The zero-order chi connectivity index (χ0) is 18.7. The zero-order valence-electron chi connectivity index (χ0n) is 15.6. The Morgan fingerprint density at radius 1 is 1.00 bits per heavy atom. The molecule has 2 aromatic carbocycles. The molecule has 1 heterocycles. The molecule has 0 bridgehead atoms. The number of nitrogens with zero attached hydrogens (tertiary/aromatic N) is 4. The third-order valence-electron chi connectivity index (χ3n) is 4.43. The zero-order valence-corrected chi connectivity index (χ0v) is 15.6. The number of aromatic nitrogens is 4. The quantitative estimate of drug-likeness (QED) is 0.738. The highest BCUT2D eigenvalue weighted by Gasteiger charge is 2.13. The van der Waals surface area contributed by atoms with Crippen molar-refractivity contribution >= 4 is 0 Å². The number of aryl methyl sites for hydroxylation is 3. The molecule has 1 aromatic heterocycles. The molecule has 0 aliphatic carbocycles. The molecular weight excluding hydrogens is 328 g/mol. The van der Waals surface area contributed by atoms with Gasteiger partial charge in [-0.1, -0.05) is 42.0 Å². The molecule has 0 amide bonds. The first kappa shape index (κ1) is 18.1. The lowest BCUT2D eigenvalue weighted by Gasteiger charge is -2.16. The molecule has 6 nitrogen and oxygen atoms in total. The molecule has 0 fully saturated rings. The van der Waals surface area contributed by atoms with Crippen LogP contribution in [0.5, 0.6) is 5.75 Å². The largest absolute Gasteiger partial charge is 0.490 e. The van der Waals surface area contributed by atoms with Gasteiger partial charge in [-0.15, -0.1) is 10.2 Å². The average Bonchev–Trinajstić information content (AvgIpc) is 3.07. The summed E-state index contributed by atoms with van der Waals surface area (Å²) in [7, 11) is 0. The number of rotatable bonds is 6. The van der Waals surface area contributed by atoms with Crippen molar-refractivity contribution in [3.63, 3.8) is 0 Å². The number of hydrogen-bond donors (Lipinski definition) is 1. The second-order valence-electron chi connectivity index (χ2n) is 6.65. The summed E-state index contributed by atoms with van der Waals surface area (Å²) in [6.07, 6.45) is -0.727. The second kappa shape index (κ2) is 7.66. The lowest BCUT2D eigenvalue weighted by Crippen LogP contribution is -2.25. The maximum absolute atomic E-state index is 10.3. The normalized spacial score (nSPS) is 12.2. The van der Waals surface area contributed by atoms with E-state index in [1.807, 2.05) is 58.0 Å². The summed E-state index contributed by atoms with van der Waals surface area (Å²) in [5.41, 5.74) is 5.40. The monoisotopic (exact) mass is 352 g/mol. The van der Waals surface area contributed by atoms with Crippen molar-refractivity contribution in [2.75, 3.05) is 6.61 Å². The van der Waals surface area contributed by atoms with Gasteiger partial charge in [0.2, 0.25) is 5.82 Å². The number of ether oxygens (including phenoxy) is 1. The number of aliphatic hydroxyl groups excluding tert-OH is 1. The fourth-order valence-corrected chi connectivity index (χ4v) is 2.71. The van der Waals surface area contributed by atoms with Crippen molar-refractivity contribution in [2.45, 2.75) is 40.3 Å². The van der Waals surface area contributed by atoms with Gasteiger partial charge in [-0.3, -0.25) is 0 Å². The van der Waals surface area contributed by atoms with E-state index in [9.17, 15) is 5.11 Å². The van der Waals surface area contributed by atoms with E-state index in [2.05, 4.69) is 21.5 Å². The number of hydrogen-bond acceptors (Lipinski definition) is 5. The van der Waals surface area contributed by atoms with Crippen LogP contribution >= 0.6 is 0 Å². The Balaban J connectivity index is 1.61. The van der Waals surface area contributed by atoms with Crippen molar-refractivity contribution in [1.82, 2.24) is 20.2 Å². The molecule has 0 saturated heterocycles. The average molecular weight is 352 g/mol. The summed E-state index contributed by atoms with van der Waals surface area (Å²) in [5, 5.41) is 22.7. The Morgan fingerprint density at radius 2 is 1.69 bits per heavy atom. The van der Waals surface area contributed by atoms with E-state index in [0.717, 1.165) is 22.4 Å². The number of aliphatic hydroxyl groups is 1. The van der Waals surface area contributed by atoms with E-state index >= 15 is 0 Å². The Morgan fingerprint density at radius 3 is 2.42 bits per heavy atom. The van der Waals surface area contributed by atoms with Crippen molar-refractivity contribution in [1.29, 1.82) is 0 Å². The SMILES string of the molecule is Cc1ccc(-c2nnn(C[C@H](O)COc3c(C)ccc(C)c3C)n2)cc1. The standard InChI is InChI=1S/C20H24N4O2/c1-13-5-9-17(10-6-13)20-21-23-24(22-20)11-18(25)12-26-19-15(3)8-7-14(2)16(19)4/h5-10,18,25H,11-12H2,1-4H3/t18-/m0/s1. The van der Waals surface area contributed by atoms with Gasteiger partial charge in [0.05, 0.1) is 6.54 Å². The third-order valence-corrected chi connectivity index (χ3v) is 4.43. The van der Waals surface area contributed by atoms with E-state index in [1.165, 1.54) is 15.9 Å². The van der Waals surface area contributed by atoms with Gasteiger partial charge in [0.15, 0.2) is 0 Å². The maximum atomic E-state index is 10.3. The van der Waals surface area contributed by atoms with E-state index in [1.54, 1.807) is 0 Å². The first-order valence-electron chi connectivity index (χ1n) is 8.66. The Labute approximate surface area is 153 Å². The van der Waals surface area contributed by atoms with E-state index in [-0.39, 0.29) is 13.2 Å². The Hall–Kier alpha value is -2.73. The molecule has 0 spiro atoms. The van der Waals surface area contributed by atoms with Crippen LogP contribution in [0, 0.1) is 27.7 Å². The number of tetrazole rings is 1. The van der Waals surface area contributed by atoms with E-state index in [4.69, 9.17) is 4.74 Å². The van der Waals surface area contributed by atoms with Crippen LogP contribution in [0.15, 0.2) is 36.4 Å². The van der Waals surface area contributed by atoms with E-state index < -0.39 is 6.10 Å². The predicted molar refractivity (Wildman–Crippen MR) is 100 cm³/mol. The lowest BCUT2D eigenvalue weighted by atomic mass is 10.1. The predicted octanol–water partition coefficient (Wildman–Crippen LogP) is 3.01. The van der Waals surface area contributed by atoms with Crippen LogP contribution in [0.2, 0.25) is 0 Å². The fraction of sp³-hybridized carbons (Fsp3) is 0.350. The molecule has 6 heteroatoms.